The molecule has 0 aliphatic heterocycles. The molecule has 0 saturated carbocycles. The molecule has 0 fully saturated rings. The largest absolute Gasteiger partial charge is 0.508 e. The second-order valence-corrected chi connectivity index (χ2v) is 6.44. The summed E-state index contributed by atoms with van der Waals surface area (Å²) in [6.45, 7) is 0. The quantitative estimate of drug-likeness (QED) is 0.496. The molecule has 2 N–H and O–H groups in total. The second kappa shape index (κ2) is 10.7. The van der Waals surface area contributed by atoms with Gasteiger partial charge >= 0.3 is 0 Å². The fourth-order valence-electron chi connectivity index (χ4n) is 2.94. The predicted octanol–water partition coefficient (Wildman–Crippen LogP) is 6.01. The lowest BCUT2D eigenvalue weighted by Crippen LogP contribution is -1.87. The van der Waals surface area contributed by atoms with E-state index < -0.39 is 0 Å². The summed E-state index contributed by atoms with van der Waals surface area (Å²) in [6.07, 6.45) is 13.2. The second-order valence-electron chi connectivity index (χ2n) is 6.44. The number of rotatable bonds is 11. The van der Waals surface area contributed by atoms with Gasteiger partial charge in [0.2, 0.25) is 0 Å². The molecule has 0 aromatic heterocycles. The van der Waals surface area contributed by atoms with Crippen LogP contribution in [0.4, 0.5) is 0 Å². The smallest absolute Gasteiger partial charge is 0.119 e. The Labute approximate surface area is 146 Å². The van der Waals surface area contributed by atoms with Crippen molar-refractivity contribution in [2.24, 2.45) is 0 Å². The van der Waals surface area contributed by atoms with Gasteiger partial charge in [-0.1, -0.05) is 68.9 Å². The van der Waals surface area contributed by atoms with Gasteiger partial charge in [-0.25, -0.2) is 0 Å². The zero-order chi connectivity index (χ0) is 17.0. The molecule has 129 valence electrons. The Balaban J connectivity index is 1.42. The summed E-state index contributed by atoms with van der Waals surface area (Å²) in [5, 5.41) is 18.9. The van der Waals surface area contributed by atoms with Gasteiger partial charge in [-0.15, -0.1) is 0 Å². The molecule has 2 rings (SSSR count). The normalized spacial score (nSPS) is 10.8. The Morgan fingerprint density at radius 3 is 2.00 bits per heavy atom. The number of aryl methyl sites for hydroxylation is 1. The van der Waals surface area contributed by atoms with Crippen LogP contribution in [0.25, 0.3) is 0 Å². The molecule has 0 aliphatic rings. The van der Waals surface area contributed by atoms with Crippen molar-refractivity contribution in [2.75, 3.05) is 0 Å². The summed E-state index contributed by atoms with van der Waals surface area (Å²) >= 11 is 0. The van der Waals surface area contributed by atoms with E-state index in [1.165, 1.54) is 50.5 Å². The van der Waals surface area contributed by atoms with E-state index in [4.69, 9.17) is 0 Å². The van der Waals surface area contributed by atoms with Crippen LogP contribution in [-0.4, -0.2) is 10.2 Å². The Hall–Kier alpha value is -1.96. The maximum atomic E-state index is 9.69. The van der Waals surface area contributed by atoms with Crippen LogP contribution < -0.4 is 0 Å². The van der Waals surface area contributed by atoms with Crippen LogP contribution in [-0.2, 0) is 6.42 Å². The molecular weight excluding hydrogens is 296 g/mol. The van der Waals surface area contributed by atoms with Gasteiger partial charge in [-0.3, -0.25) is 0 Å². The fraction of sp³-hybridized carbons (Fsp3) is 0.409. The topological polar surface area (TPSA) is 40.5 Å². The highest BCUT2D eigenvalue weighted by atomic mass is 16.3. The molecule has 0 spiro atoms. The first-order valence-electron chi connectivity index (χ1n) is 9.15. The molecule has 0 saturated heterocycles. The van der Waals surface area contributed by atoms with Gasteiger partial charge < -0.3 is 10.2 Å². The summed E-state index contributed by atoms with van der Waals surface area (Å²) in [5.74, 6) is 0.726. The Morgan fingerprint density at radius 2 is 1.29 bits per heavy atom. The van der Waals surface area contributed by atoms with Crippen molar-refractivity contribution in [3.05, 3.63) is 66.1 Å². The van der Waals surface area contributed by atoms with Crippen molar-refractivity contribution >= 4 is 0 Å². The maximum absolute atomic E-state index is 9.69. The van der Waals surface area contributed by atoms with E-state index in [2.05, 4.69) is 6.42 Å². The zero-order valence-corrected chi connectivity index (χ0v) is 14.5. The van der Waals surface area contributed by atoms with Gasteiger partial charge in [-0.2, -0.15) is 0 Å². The van der Waals surface area contributed by atoms with Crippen molar-refractivity contribution in [1.29, 1.82) is 0 Å². The lowest BCUT2D eigenvalue weighted by Gasteiger charge is -2.05. The first-order chi connectivity index (χ1) is 11.8. The van der Waals surface area contributed by atoms with Crippen LogP contribution in [0.1, 0.15) is 62.5 Å². The van der Waals surface area contributed by atoms with E-state index in [1.54, 1.807) is 18.2 Å². The maximum Gasteiger partial charge on any atom is 0.119 e. The minimum absolute atomic E-state index is 0.346. The molecule has 0 atom stereocenters. The number of hydrogen-bond donors (Lipinski definition) is 2. The first-order valence-corrected chi connectivity index (χ1v) is 9.15. The van der Waals surface area contributed by atoms with Gasteiger partial charge in [0, 0.05) is 0 Å². The van der Waals surface area contributed by atoms with E-state index in [-0.39, 0.29) is 0 Å². The SMILES string of the molecule is Oc1ccc(CCCCCCCCC[CH]c2ccccc2O)cc1. The molecular formula is C22H29O2. The van der Waals surface area contributed by atoms with Gasteiger partial charge in [0.1, 0.15) is 11.5 Å². The molecule has 0 bridgehead atoms. The average molecular weight is 325 g/mol. The lowest BCUT2D eigenvalue weighted by molar-refractivity contribution is 0.471. The molecule has 2 heteroatoms. The van der Waals surface area contributed by atoms with Crippen LogP contribution in [0.2, 0.25) is 0 Å². The molecule has 0 amide bonds. The van der Waals surface area contributed by atoms with Crippen LogP contribution in [0, 0.1) is 6.42 Å². The van der Waals surface area contributed by atoms with Crippen LogP contribution in [0.15, 0.2) is 48.5 Å². The number of unbranched alkanes of at least 4 members (excludes halogenated alkanes) is 7. The summed E-state index contributed by atoms with van der Waals surface area (Å²) in [6, 6.07) is 15.1. The van der Waals surface area contributed by atoms with E-state index >= 15 is 0 Å². The Kier molecular flexibility index (Phi) is 8.23. The minimum atomic E-state index is 0.346. The lowest BCUT2D eigenvalue weighted by atomic mass is 10.0. The number of aromatic hydroxyl groups is 2. The van der Waals surface area contributed by atoms with E-state index in [0.717, 1.165) is 18.4 Å². The molecule has 2 aromatic rings. The molecule has 0 unspecified atom stereocenters. The van der Waals surface area contributed by atoms with Gasteiger partial charge in [0.25, 0.3) is 0 Å². The Morgan fingerprint density at radius 1 is 0.667 bits per heavy atom. The summed E-state index contributed by atoms with van der Waals surface area (Å²) in [4.78, 5) is 0. The average Bonchev–Trinajstić information content (AvgIpc) is 2.59. The van der Waals surface area contributed by atoms with Crippen molar-refractivity contribution in [3.63, 3.8) is 0 Å². The molecule has 2 nitrogen and oxygen atoms in total. The molecule has 0 aliphatic carbocycles. The number of benzene rings is 2. The monoisotopic (exact) mass is 325 g/mol. The van der Waals surface area contributed by atoms with Crippen molar-refractivity contribution < 1.29 is 10.2 Å². The van der Waals surface area contributed by atoms with Gasteiger partial charge in [0.15, 0.2) is 0 Å². The highest BCUT2D eigenvalue weighted by molar-refractivity contribution is 5.36. The standard InChI is InChI=1S/C22H29O2/c23-21-17-15-19(16-18-21)11-7-5-3-1-2-4-6-8-12-20-13-9-10-14-22(20)24/h9-10,12-18,23-24H,1-8,11H2. The van der Waals surface area contributed by atoms with Crippen LogP contribution in [0.5, 0.6) is 11.5 Å². The molecule has 24 heavy (non-hydrogen) atoms. The van der Waals surface area contributed by atoms with Crippen LogP contribution in [0.3, 0.4) is 0 Å². The third-order valence-electron chi connectivity index (χ3n) is 4.41. The van der Waals surface area contributed by atoms with E-state index in [0.29, 0.717) is 11.5 Å². The van der Waals surface area contributed by atoms with Crippen molar-refractivity contribution in [3.8, 4) is 11.5 Å². The molecule has 1 radical (unpaired) electrons. The fourth-order valence-corrected chi connectivity index (χ4v) is 2.94. The van der Waals surface area contributed by atoms with Gasteiger partial charge in [0.05, 0.1) is 0 Å². The number of phenols is 2. The van der Waals surface area contributed by atoms with Crippen LogP contribution >= 0.6 is 0 Å². The minimum Gasteiger partial charge on any atom is -0.508 e. The Bertz CT molecular complexity index is 575. The summed E-state index contributed by atoms with van der Waals surface area (Å²) in [7, 11) is 0. The number of phenolic OH excluding ortho intramolecular Hbond substituents is 2. The molecule has 0 heterocycles. The number of para-hydroxylation sites is 1. The van der Waals surface area contributed by atoms with E-state index in [1.807, 2.05) is 30.3 Å². The highest BCUT2D eigenvalue weighted by Crippen LogP contribution is 2.20. The third-order valence-corrected chi connectivity index (χ3v) is 4.41. The predicted molar refractivity (Wildman–Crippen MR) is 100 cm³/mol. The molecule has 2 aromatic carbocycles. The zero-order valence-electron chi connectivity index (χ0n) is 14.5. The summed E-state index contributed by atoms with van der Waals surface area (Å²) in [5.41, 5.74) is 2.26. The van der Waals surface area contributed by atoms with Gasteiger partial charge in [-0.05, 0) is 55.0 Å². The van der Waals surface area contributed by atoms with Crippen molar-refractivity contribution in [1.82, 2.24) is 0 Å². The number of hydrogen-bond acceptors (Lipinski definition) is 2. The van der Waals surface area contributed by atoms with E-state index in [9.17, 15) is 10.2 Å². The van der Waals surface area contributed by atoms with Crippen molar-refractivity contribution in [2.45, 2.75) is 57.8 Å². The first kappa shape index (κ1) is 18.4. The third kappa shape index (κ3) is 7.08. The highest BCUT2D eigenvalue weighted by Gasteiger charge is 2.00. The summed E-state index contributed by atoms with van der Waals surface area (Å²) < 4.78 is 0.